The zero-order valence-corrected chi connectivity index (χ0v) is 16.7. The molecule has 3 rings (SSSR count). The number of rotatable bonds is 6. The summed E-state index contributed by atoms with van der Waals surface area (Å²) in [7, 11) is -3.90. The normalized spacial score (nSPS) is 16.7. The van der Waals surface area contributed by atoms with Gasteiger partial charge in [0.25, 0.3) is 0 Å². The quantitative estimate of drug-likeness (QED) is 0.743. The van der Waals surface area contributed by atoms with E-state index >= 15 is 0 Å². The Labute approximate surface area is 165 Å². The maximum absolute atomic E-state index is 14.0. The van der Waals surface area contributed by atoms with Crippen LogP contribution in [0.15, 0.2) is 59.5 Å². The summed E-state index contributed by atoms with van der Waals surface area (Å²) >= 11 is 0. The molecule has 0 saturated carbocycles. The van der Waals surface area contributed by atoms with Crippen LogP contribution in [0.2, 0.25) is 0 Å². The molecule has 28 heavy (non-hydrogen) atoms. The SMILES string of the molecule is CCCC(C(=O)N1CCN(S(=O)(=O)c2ccccc2F)CC1)c1ccccc1. The third-order valence-electron chi connectivity index (χ3n) is 5.08. The fourth-order valence-corrected chi connectivity index (χ4v) is 5.06. The van der Waals surface area contributed by atoms with E-state index in [2.05, 4.69) is 0 Å². The number of nitrogens with zero attached hydrogens (tertiary/aromatic N) is 2. The third-order valence-corrected chi connectivity index (χ3v) is 7.01. The van der Waals surface area contributed by atoms with Crippen LogP contribution in [0.1, 0.15) is 31.2 Å². The molecule has 1 aliphatic heterocycles. The first-order valence-corrected chi connectivity index (χ1v) is 11.0. The van der Waals surface area contributed by atoms with Gasteiger partial charge in [-0.2, -0.15) is 4.31 Å². The lowest BCUT2D eigenvalue weighted by atomic mass is 9.93. The Morgan fingerprint density at radius 3 is 2.21 bits per heavy atom. The highest BCUT2D eigenvalue weighted by atomic mass is 32.2. The van der Waals surface area contributed by atoms with Gasteiger partial charge in [-0.1, -0.05) is 55.8 Å². The Bertz CT molecular complexity index is 910. The molecule has 0 aromatic heterocycles. The van der Waals surface area contributed by atoms with Gasteiger partial charge in [-0.3, -0.25) is 4.79 Å². The molecule has 1 heterocycles. The Balaban J connectivity index is 1.71. The van der Waals surface area contributed by atoms with Crippen molar-refractivity contribution in [2.24, 2.45) is 0 Å². The van der Waals surface area contributed by atoms with Crippen molar-refractivity contribution in [3.63, 3.8) is 0 Å². The molecule has 0 spiro atoms. The molecule has 1 saturated heterocycles. The summed E-state index contributed by atoms with van der Waals surface area (Å²) < 4.78 is 40.7. The second-order valence-corrected chi connectivity index (χ2v) is 8.82. The van der Waals surface area contributed by atoms with E-state index in [4.69, 9.17) is 0 Å². The molecule has 1 atom stereocenters. The fourth-order valence-electron chi connectivity index (χ4n) is 3.57. The fraction of sp³-hybridized carbons (Fsp3) is 0.381. The highest BCUT2D eigenvalue weighted by Crippen LogP contribution is 2.26. The van der Waals surface area contributed by atoms with Gasteiger partial charge in [0, 0.05) is 26.2 Å². The molecule has 5 nitrogen and oxygen atoms in total. The first-order valence-electron chi connectivity index (χ1n) is 9.53. The number of carbonyl (C=O) groups excluding carboxylic acids is 1. The number of amides is 1. The molecule has 0 radical (unpaired) electrons. The average molecular weight is 405 g/mol. The molecule has 7 heteroatoms. The van der Waals surface area contributed by atoms with Crippen LogP contribution in [0.4, 0.5) is 4.39 Å². The lowest BCUT2D eigenvalue weighted by Crippen LogP contribution is -2.51. The zero-order chi connectivity index (χ0) is 20.1. The smallest absolute Gasteiger partial charge is 0.246 e. The Hall–Kier alpha value is -2.25. The van der Waals surface area contributed by atoms with Crippen molar-refractivity contribution in [1.29, 1.82) is 0 Å². The second-order valence-electron chi connectivity index (χ2n) is 6.91. The van der Waals surface area contributed by atoms with Crippen LogP contribution in [-0.4, -0.2) is 49.7 Å². The maximum Gasteiger partial charge on any atom is 0.246 e. The highest BCUT2D eigenvalue weighted by molar-refractivity contribution is 7.89. The molecular formula is C21H25FN2O3S. The van der Waals surface area contributed by atoms with E-state index in [1.165, 1.54) is 22.5 Å². The largest absolute Gasteiger partial charge is 0.340 e. The van der Waals surface area contributed by atoms with Crippen LogP contribution >= 0.6 is 0 Å². The summed E-state index contributed by atoms with van der Waals surface area (Å²) in [6.45, 7) is 2.98. The standard InChI is InChI=1S/C21H25FN2O3S/c1-2-8-18(17-9-4-3-5-10-17)21(25)23-13-15-24(16-14-23)28(26,27)20-12-7-6-11-19(20)22/h3-7,9-12,18H,2,8,13-16H2,1H3. The summed E-state index contributed by atoms with van der Waals surface area (Å²) in [5, 5.41) is 0. The van der Waals surface area contributed by atoms with Gasteiger partial charge in [0.05, 0.1) is 5.92 Å². The summed E-state index contributed by atoms with van der Waals surface area (Å²) in [6, 6.07) is 15.1. The van der Waals surface area contributed by atoms with Gasteiger partial charge < -0.3 is 4.90 Å². The molecule has 0 N–H and O–H groups in total. The average Bonchev–Trinajstić information content (AvgIpc) is 2.72. The van der Waals surface area contributed by atoms with Gasteiger partial charge in [0.1, 0.15) is 10.7 Å². The summed E-state index contributed by atoms with van der Waals surface area (Å²) in [5.41, 5.74) is 0.982. The first-order chi connectivity index (χ1) is 13.4. The number of halogens is 1. The van der Waals surface area contributed by atoms with Gasteiger partial charge >= 0.3 is 0 Å². The van der Waals surface area contributed by atoms with E-state index in [-0.39, 0.29) is 29.8 Å². The molecule has 1 unspecified atom stereocenters. The first kappa shape index (κ1) is 20.5. The number of benzene rings is 2. The van der Waals surface area contributed by atoms with Crippen LogP contribution in [0.25, 0.3) is 0 Å². The number of hydrogen-bond acceptors (Lipinski definition) is 3. The van der Waals surface area contributed by atoms with Gasteiger partial charge in [-0.15, -0.1) is 0 Å². The van der Waals surface area contributed by atoms with Crippen molar-refractivity contribution in [2.75, 3.05) is 26.2 Å². The summed E-state index contributed by atoms with van der Waals surface area (Å²) in [6.07, 6.45) is 1.63. The van der Waals surface area contributed by atoms with E-state index < -0.39 is 15.8 Å². The number of carbonyl (C=O) groups is 1. The minimum Gasteiger partial charge on any atom is -0.340 e. The van der Waals surface area contributed by atoms with E-state index in [0.29, 0.717) is 13.1 Å². The third kappa shape index (κ3) is 4.25. The van der Waals surface area contributed by atoms with E-state index in [1.807, 2.05) is 37.3 Å². The summed E-state index contributed by atoms with van der Waals surface area (Å²) in [5.74, 6) is -0.954. The molecule has 1 amide bonds. The van der Waals surface area contributed by atoms with Crippen molar-refractivity contribution >= 4 is 15.9 Å². The number of piperazine rings is 1. The van der Waals surface area contributed by atoms with Crippen molar-refractivity contribution in [3.8, 4) is 0 Å². The highest BCUT2D eigenvalue weighted by Gasteiger charge is 2.33. The number of sulfonamides is 1. The lowest BCUT2D eigenvalue weighted by Gasteiger charge is -2.36. The molecular weight excluding hydrogens is 379 g/mol. The van der Waals surface area contributed by atoms with Gasteiger partial charge in [-0.05, 0) is 24.1 Å². The van der Waals surface area contributed by atoms with E-state index in [0.717, 1.165) is 24.5 Å². The minimum atomic E-state index is -3.90. The van der Waals surface area contributed by atoms with Crippen LogP contribution in [0.5, 0.6) is 0 Å². The predicted octanol–water partition coefficient (Wildman–Crippen LogP) is 3.24. The Morgan fingerprint density at radius 2 is 1.61 bits per heavy atom. The summed E-state index contributed by atoms with van der Waals surface area (Å²) in [4.78, 5) is 14.5. The Morgan fingerprint density at radius 1 is 1.00 bits per heavy atom. The maximum atomic E-state index is 14.0. The molecule has 150 valence electrons. The number of hydrogen-bond donors (Lipinski definition) is 0. The predicted molar refractivity (Wildman–Crippen MR) is 106 cm³/mol. The van der Waals surface area contributed by atoms with Crippen LogP contribution in [0, 0.1) is 5.82 Å². The van der Waals surface area contributed by atoms with Crippen molar-refractivity contribution in [1.82, 2.24) is 9.21 Å². The van der Waals surface area contributed by atoms with Crippen molar-refractivity contribution in [2.45, 2.75) is 30.6 Å². The Kier molecular flexibility index (Phi) is 6.46. The van der Waals surface area contributed by atoms with Crippen molar-refractivity contribution in [3.05, 3.63) is 66.0 Å². The van der Waals surface area contributed by atoms with Crippen molar-refractivity contribution < 1.29 is 17.6 Å². The molecule has 1 aliphatic rings. The van der Waals surface area contributed by atoms with Gasteiger partial charge in [-0.25, -0.2) is 12.8 Å². The lowest BCUT2D eigenvalue weighted by molar-refractivity contribution is -0.134. The van der Waals surface area contributed by atoms with E-state index in [9.17, 15) is 17.6 Å². The van der Waals surface area contributed by atoms with Crippen LogP contribution in [0.3, 0.4) is 0 Å². The molecule has 0 bridgehead atoms. The minimum absolute atomic E-state index is 0.0241. The second kappa shape index (κ2) is 8.84. The topological polar surface area (TPSA) is 57.7 Å². The molecule has 2 aromatic carbocycles. The van der Waals surface area contributed by atoms with Gasteiger partial charge in [0.2, 0.25) is 15.9 Å². The molecule has 0 aliphatic carbocycles. The van der Waals surface area contributed by atoms with E-state index in [1.54, 1.807) is 4.90 Å². The molecule has 2 aromatic rings. The van der Waals surface area contributed by atoms with Gasteiger partial charge in [0.15, 0.2) is 0 Å². The van der Waals surface area contributed by atoms with Crippen LogP contribution < -0.4 is 0 Å². The molecule has 1 fully saturated rings. The van der Waals surface area contributed by atoms with Crippen LogP contribution in [-0.2, 0) is 14.8 Å². The monoisotopic (exact) mass is 404 g/mol. The zero-order valence-electron chi connectivity index (χ0n) is 15.9.